The van der Waals surface area contributed by atoms with Crippen molar-refractivity contribution >= 4 is 8.07 Å². The quantitative estimate of drug-likeness (QED) is 0.514. The predicted octanol–water partition coefficient (Wildman–Crippen LogP) is 4.66. The Morgan fingerprint density at radius 1 is 0.789 bits per heavy atom. The molecular formula is C17H30OSi. The lowest BCUT2D eigenvalue weighted by Crippen LogP contribution is -2.18. The molecule has 0 unspecified atom stereocenters. The van der Waals surface area contributed by atoms with E-state index >= 15 is 0 Å². The molecule has 0 aliphatic rings. The van der Waals surface area contributed by atoms with Crippen LogP contribution in [0.1, 0.15) is 36.8 Å². The molecule has 0 radical (unpaired) electrons. The van der Waals surface area contributed by atoms with Crippen molar-refractivity contribution in [3.63, 3.8) is 0 Å². The lowest BCUT2D eigenvalue weighted by atomic mass is 10.0. The molecule has 0 saturated heterocycles. The molecule has 0 atom stereocenters. The van der Waals surface area contributed by atoms with Gasteiger partial charge in [0.25, 0.3) is 0 Å². The number of benzene rings is 1. The molecule has 1 rings (SSSR count). The summed E-state index contributed by atoms with van der Waals surface area (Å²) in [7, 11) is -0.816. The van der Waals surface area contributed by atoms with Crippen LogP contribution < -0.4 is 0 Å². The van der Waals surface area contributed by atoms with E-state index in [1.165, 1.54) is 49.3 Å². The van der Waals surface area contributed by atoms with Gasteiger partial charge in [-0.1, -0.05) is 69.2 Å². The molecule has 1 aromatic rings. The summed E-state index contributed by atoms with van der Waals surface area (Å²) in [4.78, 5) is 0. The van der Waals surface area contributed by atoms with E-state index in [4.69, 9.17) is 5.11 Å². The van der Waals surface area contributed by atoms with Crippen molar-refractivity contribution in [2.24, 2.45) is 0 Å². The van der Waals surface area contributed by atoms with Gasteiger partial charge in [0.1, 0.15) is 0 Å². The molecule has 0 saturated carbocycles. The third kappa shape index (κ3) is 8.22. The summed E-state index contributed by atoms with van der Waals surface area (Å²) in [6, 6.07) is 10.2. The van der Waals surface area contributed by atoms with Crippen molar-refractivity contribution in [2.75, 3.05) is 6.61 Å². The summed E-state index contributed by atoms with van der Waals surface area (Å²) in [6.45, 7) is 7.62. The van der Waals surface area contributed by atoms with Crippen LogP contribution in [0, 0.1) is 0 Å². The predicted molar refractivity (Wildman–Crippen MR) is 87.6 cm³/mol. The number of aliphatic hydroxyl groups excluding tert-OH is 1. The Hall–Kier alpha value is -0.603. The van der Waals surface area contributed by atoms with E-state index in [-0.39, 0.29) is 6.61 Å². The molecule has 0 aliphatic heterocycles. The number of rotatable bonds is 9. The van der Waals surface area contributed by atoms with Crippen molar-refractivity contribution in [1.82, 2.24) is 0 Å². The molecule has 2 heteroatoms. The smallest absolute Gasteiger partial charge is 0.0471 e. The van der Waals surface area contributed by atoms with Gasteiger partial charge in [-0.05, 0) is 30.4 Å². The minimum atomic E-state index is -0.816. The molecular weight excluding hydrogens is 248 g/mol. The topological polar surface area (TPSA) is 20.2 Å². The molecule has 1 nitrogen and oxygen atoms in total. The Morgan fingerprint density at radius 2 is 1.32 bits per heavy atom. The second-order valence-electron chi connectivity index (χ2n) is 6.76. The number of aryl methyl sites for hydroxylation is 1. The zero-order valence-electron chi connectivity index (χ0n) is 12.9. The molecule has 0 amide bonds. The van der Waals surface area contributed by atoms with E-state index in [1.807, 2.05) is 0 Å². The third-order valence-corrected chi connectivity index (χ3v) is 5.42. The molecule has 108 valence electrons. The zero-order valence-corrected chi connectivity index (χ0v) is 13.9. The number of hydrogen-bond acceptors (Lipinski definition) is 1. The molecule has 0 fully saturated rings. The van der Waals surface area contributed by atoms with Gasteiger partial charge in [0.2, 0.25) is 0 Å². The number of aliphatic hydroxyl groups is 1. The fourth-order valence-corrected chi connectivity index (χ4v) is 3.65. The van der Waals surface area contributed by atoms with Crippen molar-refractivity contribution in [3.05, 3.63) is 35.4 Å². The highest BCUT2D eigenvalue weighted by atomic mass is 28.3. The van der Waals surface area contributed by atoms with Gasteiger partial charge in [0.15, 0.2) is 0 Å². The Morgan fingerprint density at radius 3 is 1.84 bits per heavy atom. The fourth-order valence-electron chi connectivity index (χ4n) is 2.34. The van der Waals surface area contributed by atoms with Crippen LogP contribution in [-0.2, 0) is 12.8 Å². The molecule has 1 N–H and O–H groups in total. The second kappa shape index (κ2) is 8.54. The standard InChI is InChI=1S/C17H30OSi/c1-19(2,3)15-7-5-4-6-8-16-9-11-17(12-10-16)13-14-18/h9-12,18H,4-8,13-15H2,1-3H3. The summed E-state index contributed by atoms with van der Waals surface area (Å²) < 4.78 is 0. The summed E-state index contributed by atoms with van der Waals surface area (Å²) in [5.41, 5.74) is 2.67. The van der Waals surface area contributed by atoms with Gasteiger partial charge < -0.3 is 5.11 Å². The van der Waals surface area contributed by atoms with Gasteiger partial charge in [-0.2, -0.15) is 0 Å². The van der Waals surface area contributed by atoms with Crippen molar-refractivity contribution < 1.29 is 5.11 Å². The Balaban J connectivity index is 2.12. The minimum Gasteiger partial charge on any atom is -0.396 e. The first-order valence-electron chi connectivity index (χ1n) is 7.70. The van der Waals surface area contributed by atoms with Crippen LogP contribution in [0.3, 0.4) is 0 Å². The van der Waals surface area contributed by atoms with Gasteiger partial charge >= 0.3 is 0 Å². The third-order valence-electron chi connectivity index (χ3n) is 3.57. The lowest BCUT2D eigenvalue weighted by molar-refractivity contribution is 0.299. The highest BCUT2D eigenvalue weighted by Crippen LogP contribution is 2.16. The second-order valence-corrected chi connectivity index (χ2v) is 12.4. The minimum absolute atomic E-state index is 0.246. The molecule has 0 bridgehead atoms. The van der Waals surface area contributed by atoms with Crippen LogP contribution >= 0.6 is 0 Å². The van der Waals surface area contributed by atoms with Gasteiger partial charge in [-0.25, -0.2) is 0 Å². The Kier molecular flexibility index (Phi) is 7.40. The summed E-state index contributed by atoms with van der Waals surface area (Å²) in [6.07, 6.45) is 7.47. The van der Waals surface area contributed by atoms with E-state index in [1.54, 1.807) is 0 Å². The van der Waals surface area contributed by atoms with Crippen molar-refractivity contribution in [1.29, 1.82) is 0 Å². The van der Waals surface area contributed by atoms with Crippen LogP contribution in [0.25, 0.3) is 0 Å². The van der Waals surface area contributed by atoms with Crippen LogP contribution in [-0.4, -0.2) is 19.8 Å². The first-order valence-corrected chi connectivity index (χ1v) is 11.4. The van der Waals surface area contributed by atoms with Gasteiger partial charge in [0, 0.05) is 14.7 Å². The maximum Gasteiger partial charge on any atom is 0.0471 e. The maximum atomic E-state index is 8.87. The van der Waals surface area contributed by atoms with E-state index < -0.39 is 8.07 Å². The van der Waals surface area contributed by atoms with Gasteiger partial charge in [-0.15, -0.1) is 0 Å². The lowest BCUT2D eigenvalue weighted by Gasteiger charge is -2.14. The first kappa shape index (κ1) is 16.5. The van der Waals surface area contributed by atoms with Crippen LogP contribution in [0.15, 0.2) is 24.3 Å². The maximum absolute atomic E-state index is 8.87. The normalized spacial score (nSPS) is 11.8. The zero-order chi connectivity index (χ0) is 14.1. The van der Waals surface area contributed by atoms with Crippen molar-refractivity contribution in [2.45, 2.75) is 64.2 Å². The van der Waals surface area contributed by atoms with Crippen LogP contribution in [0.4, 0.5) is 0 Å². The summed E-state index contributed by atoms with van der Waals surface area (Å²) in [5, 5.41) is 8.87. The largest absolute Gasteiger partial charge is 0.396 e. The monoisotopic (exact) mass is 278 g/mol. The van der Waals surface area contributed by atoms with Gasteiger partial charge in [-0.3, -0.25) is 0 Å². The number of unbranched alkanes of at least 4 members (excludes halogenated alkanes) is 3. The SMILES string of the molecule is C[Si](C)(C)CCCCCCc1ccc(CCO)cc1. The summed E-state index contributed by atoms with van der Waals surface area (Å²) >= 11 is 0. The average molecular weight is 279 g/mol. The van der Waals surface area contributed by atoms with Crippen LogP contribution in [0.5, 0.6) is 0 Å². The first-order chi connectivity index (χ1) is 9.01. The Bertz CT molecular complexity index is 337. The molecule has 0 aromatic heterocycles. The number of hydrogen-bond donors (Lipinski definition) is 1. The van der Waals surface area contributed by atoms with Gasteiger partial charge in [0.05, 0.1) is 0 Å². The fraction of sp³-hybridized carbons (Fsp3) is 0.647. The highest BCUT2D eigenvalue weighted by Gasteiger charge is 2.11. The highest BCUT2D eigenvalue weighted by molar-refractivity contribution is 6.76. The Labute approximate surface area is 120 Å². The average Bonchev–Trinajstić information content (AvgIpc) is 2.35. The van der Waals surface area contributed by atoms with E-state index in [0.717, 1.165) is 6.42 Å². The van der Waals surface area contributed by atoms with E-state index in [0.29, 0.717) is 0 Å². The van der Waals surface area contributed by atoms with E-state index in [9.17, 15) is 0 Å². The molecule has 19 heavy (non-hydrogen) atoms. The molecule has 0 heterocycles. The molecule has 1 aromatic carbocycles. The molecule has 0 aliphatic carbocycles. The molecule has 0 spiro atoms. The summed E-state index contributed by atoms with van der Waals surface area (Å²) in [5.74, 6) is 0. The van der Waals surface area contributed by atoms with Crippen molar-refractivity contribution in [3.8, 4) is 0 Å². The van der Waals surface area contributed by atoms with Crippen LogP contribution in [0.2, 0.25) is 25.7 Å². The van der Waals surface area contributed by atoms with E-state index in [2.05, 4.69) is 43.9 Å².